The Labute approximate surface area is 80.7 Å². The van der Waals surface area contributed by atoms with E-state index in [1.807, 2.05) is 11.9 Å². The van der Waals surface area contributed by atoms with Gasteiger partial charge in [-0.05, 0) is 12.6 Å². The van der Waals surface area contributed by atoms with Crippen molar-refractivity contribution in [3.63, 3.8) is 0 Å². The molecule has 0 aromatic heterocycles. The topological polar surface area (TPSA) is 66.6 Å². The first kappa shape index (κ1) is 8.96. The second-order valence-corrected chi connectivity index (χ2v) is 3.50. The van der Waals surface area contributed by atoms with Crippen LogP contribution in [0, 0.1) is 10.1 Å². The quantitative estimate of drug-likeness (QED) is 0.539. The van der Waals surface area contributed by atoms with Crippen LogP contribution in [-0.2, 0) is 13.1 Å². The molecule has 1 aromatic rings. The van der Waals surface area contributed by atoms with Crippen LogP contribution in [0.3, 0.4) is 0 Å². The SMILES string of the molecule is CN1Cc2ccc([N+](=O)[O-])c(O)c2C1. The van der Waals surface area contributed by atoms with Crippen molar-refractivity contribution in [2.24, 2.45) is 0 Å². The van der Waals surface area contributed by atoms with Crippen LogP contribution in [-0.4, -0.2) is 22.0 Å². The van der Waals surface area contributed by atoms with Crippen molar-refractivity contribution in [1.82, 2.24) is 4.90 Å². The van der Waals surface area contributed by atoms with E-state index >= 15 is 0 Å². The Balaban J connectivity index is 2.53. The van der Waals surface area contributed by atoms with Crippen LogP contribution in [0.15, 0.2) is 12.1 Å². The van der Waals surface area contributed by atoms with Crippen LogP contribution in [0.1, 0.15) is 11.1 Å². The summed E-state index contributed by atoms with van der Waals surface area (Å²) in [4.78, 5) is 12.0. The minimum absolute atomic E-state index is 0.183. The van der Waals surface area contributed by atoms with Gasteiger partial charge in [-0.2, -0.15) is 0 Å². The van der Waals surface area contributed by atoms with Gasteiger partial charge in [-0.3, -0.25) is 15.0 Å². The number of nitrogens with zero attached hydrogens (tertiary/aromatic N) is 2. The summed E-state index contributed by atoms with van der Waals surface area (Å²) < 4.78 is 0. The number of phenolic OH excluding ortho intramolecular Hbond substituents is 1. The highest BCUT2D eigenvalue weighted by molar-refractivity contribution is 5.55. The van der Waals surface area contributed by atoms with Gasteiger partial charge in [0.25, 0.3) is 0 Å². The van der Waals surface area contributed by atoms with Gasteiger partial charge in [-0.15, -0.1) is 0 Å². The molecule has 5 nitrogen and oxygen atoms in total. The zero-order valence-corrected chi connectivity index (χ0v) is 7.73. The monoisotopic (exact) mass is 194 g/mol. The lowest BCUT2D eigenvalue weighted by molar-refractivity contribution is -0.385. The summed E-state index contributed by atoms with van der Waals surface area (Å²) in [5, 5.41) is 20.2. The van der Waals surface area contributed by atoms with Crippen molar-refractivity contribution >= 4 is 5.69 Å². The Morgan fingerprint density at radius 2 is 2.21 bits per heavy atom. The van der Waals surface area contributed by atoms with E-state index in [4.69, 9.17) is 0 Å². The van der Waals surface area contributed by atoms with Crippen LogP contribution >= 0.6 is 0 Å². The molecule has 1 N–H and O–H groups in total. The van der Waals surface area contributed by atoms with Crippen LogP contribution in [0.2, 0.25) is 0 Å². The van der Waals surface area contributed by atoms with Gasteiger partial charge >= 0.3 is 5.69 Å². The average molecular weight is 194 g/mol. The molecule has 0 spiro atoms. The normalized spacial score (nSPS) is 15.5. The molecule has 0 atom stereocenters. The minimum atomic E-state index is -0.562. The van der Waals surface area contributed by atoms with Gasteiger partial charge < -0.3 is 5.11 Å². The van der Waals surface area contributed by atoms with Gasteiger partial charge in [0.15, 0.2) is 5.75 Å². The summed E-state index contributed by atoms with van der Waals surface area (Å²) in [5.41, 5.74) is 1.44. The molecule has 0 fully saturated rings. The molecular weight excluding hydrogens is 184 g/mol. The van der Waals surface area contributed by atoms with Crippen molar-refractivity contribution in [1.29, 1.82) is 0 Å². The minimum Gasteiger partial charge on any atom is -0.502 e. The van der Waals surface area contributed by atoms with Crippen molar-refractivity contribution < 1.29 is 10.0 Å². The molecule has 5 heteroatoms. The molecule has 0 bridgehead atoms. The maximum Gasteiger partial charge on any atom is 0.311 e. The van der Waals surface area contributed by atoms with Gasteiger partial charge in [0, 0.05) is 24.7 Å². The fourth-order valence-corrected chi connectivity index (χ4v) is 1.75. The van der Waals surface area contributed by atoms with Gasteiger partial charge in [-0.25, -0.2) is 0 Å². The van der Waals surface area contributed by atoms with E-state index in [9.17, 15) is 15.2 Å². The molecule has 1 heterocycles. The molecule has 0 unspecified atom stereocenters. The molecule has 2 rings (SSSR count). The van der Waals surface area contributed by atoms with E-state index in [2.05, 4.69) is 0 Å². The number of rotatable bonds is 1. The van der Waals surface area contributed by atoms with E-state index in [1.54, 1.807) is 6.07 Å². The van der Waals surface area contributed by atoms with Crippen molar-refractivity contribution in [3.05, 3.63) is 33.4 Å². The maximum absolute atomic E-state index is 10.5. The molecule has 0 radical (unpaired) electrons. The second-order valence-electron chi connectivity index (χ2n) is 3.50. The Morgan fingerprint density at radius 1 is 1.50 bits per heavy atom. The first-order valence-corrected chi connectivity index (χ1v) is 4.26. The van der Waals surface area contributed by atoms with Gasteiger partial charge in [0.05, 0.1) is 4.92 Å². The van der Waals surface area contributed by atoms with Crippen molar-refractivity contribution in [3.8, 4) is 5.75 Å². The number of nitro groups is 1. The Hall–Kier alpha value is -1.62. The second kappa shape index (κ2) is 2.95. The molecule has 0 amide bonds. The Bertz CT molecular complexity index is 403. The molecule has 74 valence electrons. The first-order chi connectivity index (χ1) is 6.59. The van der Waals surface area contributed by atoms with E-state index in [0.717, 1.165) is 12.1 Å². The van der Waals surface area contributed by atoms with Crippen LogP contribution in [0.5, 0.6) is 5.75 Å². The third kappa shape index (κ3) is 1.22. The molecule has 0 aliphatic carbocycles. The number of phenols is 1. The number of nitro benzene ring substituents is 1. The number of hydrogen-bond acceptors (Lipinski definition) is 4. The smallest absolute Gasteiger partial charge is 0.311 e. The highest BCUT2D eigenvalue weighted by Crippen LogP contribution is 2.36. The maximum atomic E-state index is 10.5. The lowest BCUT2D eigenvalue weighted by atomic mass is 10.1. The van der Waals surface area contributed by atoms with Crippen molar-refractivity contribution in [2.45, 2.75) is 13.1 Å². The summed E-state index contributed by atoms with van der Waals surface area (Å²) in [6, 6.07) is 3.06. The number of benzene rings is 1. The summed E-state index contributed by atoms with van der Waals surface area (Å²) in [6.07, 6.45) is 0. The van der Waals surface area contributed by atoms with Crippen LogP contribution in [0.25, 0.3) is 0 Å². The molecular formula is C9H10N2O3. The lowest BCUT2D eigenvalue weighted by Crippen LogP contribution is -2.07. The highest BCUT2D eigenvalue weighted by atomic mass is 16.6. The fraction of sp³-hybridized carbons (Fsp3) is 0.333. The molecule has 1 aliphatic rings. The summed E-state index contributed by atoms with van der Waals surface area (Å²) >= 11 is 0. The van der Waals surface area contributed by atoms with Gasteiger partial charge in [0.1, 0.15) is 0 Å². The van der Waals surface area contributed by atoms with E-state index in [-0.39, 0.29) is 11.4 Å². The molecule has 1 aromatic carbocycles. The number of aromatic hydroxyl groups is 1. The average Bonchev–Trinajstić information content (AvgIpc) is 2.46. The molecule has 0 saturated carbocycles. The molecule has 14 heavy (non-hydrogen) atoms. The third-order valence-electron chi connectivity index (χ3n) is 2.42. The van der Waals surface area contributed by atoms with Crippen LogP contribution in [0.4, 0.5) is 5.69 Å². The van der Waals surface area contributed by atoms with E-state index in [0.29, 0.717) is 12.1 Å². The summed E-state index contributed by atoms with van der Waals surface area (Å²) in [5.74, 6) is -0.183. The van der Waals surface area contributed by atoms with Crippen molar-refractivity contribution in [2.75, 3.05) is 7.05 Å². The summed E-state index contributed by atoms with van der Waals surface area (Å²) in [6.45, 7) is 1.31. The molecule has 1 aliphatic heterocycles. The van der Waals surface area contributed by atoms with E-state index < -0.39 is 4.92 Å². The summed E-state index contributed by atoms with van der Waals surface area (Å²) in [7, 11) is 1.91. The molecule has 0 saturated heterocycles. The zero-order chi connectivity index (χ0) is 10.3. The Morgan fingerprint density at radius 3 is 2.86 bits per heavy atom. The predicted molar refractivity (Wildman–Crippen MR) is 49.9 cm³/mol. The predicted octanol–water partition coefficient (Wildman–Crippen LogP) is 1.25. The first-order valence-electron chi connectivity index (χ1n) is 4.26. The van der Waals surface area contributed by atoms with Crippen LogP contribution < -0.4 is 0 Å². The van der Waals surface area contributed by atoms with Gasteiger partial charge in [-0.1, -0.05) is 6.07 Å². The number of fused-ring (bicyclic) bond motifs is 1. The standard InChI is InChI=1S/C9H10N2O3/c1-10-4-6-2-3-8(11(13)14)9(12)7(6)5-10/h2-3,12H,4-5H2,1H3. The number of hydrogen-bond donors (Lipinski definition) is 1. The van der Waals surface area contributed by atoms with E-state index in [1.165, 1.54) is 6.07 Å². The largest absolute Gasteiger partial charge is 0.502 e. The highest BCUT2D eigenvalue weighted by Gasteiger charge is 2.25. The third-order valence-corrected chi connectivity index (χ3v) is 2.42. The fourth-order valence-electron chi connectivity index (χ4n) is 1.75. The van der Waals surface area contributed by atoms with Gasteiger partial charge in [0.2, 0.25) is 0 Å². The lowest BCUT2D eigenvalue weighted by Gasteiger charge is -2.03. The zero-order valence-electron chi connectivity index (χ0n) is 7.73. The Kier molecular flexibility index (Phi) is 1.89.